The van der Waals surface area contributed by atoms with Gasteiger partial charge < -0.3 is 14.4 Å². The summed E-state index contributed by atoms with van der Waals surface area (Å²) in [6.07, 6.45) is 1.82. The molecule has 1 heterocycles. The third-order valence-corrected chi connectivity index (χ3v) is 5.16. The maximum atomic E-state index is 12.5. The molecule has 0 unspecified atom stereocenters. The molecule has 5 nitrogen and oxygen atoms in total. The van der Waals surface area contributed by atoms with Crippen LogP contribution in [0.15, 0.2) is 48.2 Å². The summed E-state index contributed by atoms with van der Waals surface area (Å²) in [5.41, 5.74) is 3.69. The highest BCUT2D eigenvalue weighted by Crippen LogP contribution is 2.31. The Balaban J connectivity index is 1.80. The third kappa shape index (κ3) is 4.02. The van der Waals surface area contributed by atoms with E-state index in [1.807, 2.05) is 43.3 Å². The van der Waals surface area contributed by atoms with Gasteiger partial charge in [0.2, 0.25) is 0 Å². The van der Waals surface area contributed by atoms with Gasteiger partial charge >= 0.3 is 0 Å². The van der Waals surface area contributed by atoms with Crippen molar-refractivity contribution in [1.29, 1.82) is 0 Å². The lowest BCUT2D eigenvalue weighted by Crippen LogP contribution is -2.30. The Kier molecular flexibility index (Phi) is 5.99. The van der Waals surface area contributed by atoms with Gasteiger partial charge in [-0.1, -0.05) is 35.9 Å². The first-order chi connectivity index (χ1) is 13.4. The van der Waals surface area contributed by atoms with E-state index in [0.717, 1.165) is 11.1 Å². The number of aryl methyl sites for hydroxylation is 1. The van der Waals surface area contributed by atoms with Crippen molar-refractivity contribution in [2.24, 2.45) is 0 Å². The van der Waals surface area contributed by atoms with Gasteiger partial charge in [0.1, 0.15) is 12.3 Å². The van der Waals surface area contributed by atoms with Crippen LogP contribution in [0, 0.1) is 6.92 Å². The molecule has 28 heavy (non-hydrogen) atoms. The van der Waals surface area contributed by atoms with E-state index in [4.69, 9.17) is 21.7 Å². The molecule has 6 heteroatoms. The number of amides is 1. The predicted molar refractivity (Wildman–Crippen MR) is 114 cm³/mol. The van der Waals surface area contributed by atoms with E-state index in [9.17, 15) is 4.79 Å². The van der Waals surface area contributed by atoms with Crippen LogP contribution in [0.5, 0.6) is 11.5 Å². The Morgan fingerprint density at radius 3 is 2.43 bits per heavy atom. The average molecular weight is 397 g/mol. The van der Waals surface area contributed by atoms with Crippen molar-refractivity contribution < 1.29 is 14.3 Å². The second kappa shape index (κ2) is 8.44. The van der Waals surface area contributed by atoms with Gasteiger partial charge in [-0.3, -0.25) is 9.69 Å². The van der Waals surface area contributed by atoms with Crippen LogP contribution in [-0.4, -0.2) is 41.5 Å². The van der Waals surface area contributed by atoms with E-state index in [1.54, 1.807) is 24.0 Å². The normalized spacial score (nSPS) is 15.5. The van der Waals surface area contributed by atoms with Gasteiger partial charge in [0.25, 0.3) is 5.91 Å². The van der Waals surface area contributed by atoms with E-state index in [0.29, 0.717) is 35.5 Å². The second-order valence-electron chi connectivity index (χ2n) is 6.61. The molecule has 0 atom stereocenters. The number of carbonyl (C=O) groups excluding carboxylic acids is 1. The van der Waals surface area contributed by atoms with Crippen molar-refractivity contribution in [3.05, 3.63) is 64.9 Å². The largest absolute Gasteiger partial charge is 0.493 e. The lowest BCUT2D eigenvalue weighted by molar-refractivity contribution is -0.122. The zero-order chi connectivity index (χ0) is 20.3. The summed E-state index contributed by atoms with van der Waals surface area (Å²) in [4.78, 5) is 15.9. The van der Waals surface area contributed by atoms with Gasteiger partial charge in [0, 0.05) is 13.6 Å². The first-order valence-corrected chi connectivity index (χ1v) is 9.53. The molecule has 1 saturated heterocycles. The minimum Gasteiger partial charge on any atom is -0.493 e. The van der Waals surface area contributed by atoms with Gasteiger partial charge in [0.15, 0.2) is 16.6 Å². The quantitative estimate of drug-likeness (QED) is 0.545. The van der Waals surface area contributed by atoms with Crippen LogP contribution in [0.1, 0.15) is 23.6 Å². The molecule has 0 radical (unpaired) electrons. The third-order valence-electron chi connectivity index (χ3n) is 4.67. The van der Waals surface area contributed by atoms with Crippen LogP contribution in [-0.2, 0) is 11.4 Å². The number of methoxy groups -OCH3 is 1. The number of ether oxygens (including phenoxy) is 2. The molecule has 0 aliphatic carbocycles. The molecule has 0 aromatic heterocycles. The second-order valence-corrected chi connectivity index (χ2v) is 6.97. The lowest BCUT2D eigenvalue weighted by atomic mass is 10.1. The lowest BCUT2D eigenvalue weighted by Gasteiger charge is -2.14. The van der Waals surface area contributed by atoms with Crippen molar-refractivity contribution in [3.8, 4) is 11.5 Å². The minimum atomic E-state index is -0.0892. The highest BCUT2D eigenvalue weighted by atomic mass is 32.1. The Morgan fingerprint density at radius 2 is 1.82 bits per heavy atom. The van der Waals surface area contributed by atoms with Crippen LogP contribution in [0.4, 0.5) is 0 Å². The maximum absolute atomic E-state index is 12.5. The molecular weight excluding hydrogens is 372 g/mol. The molecule has 0 N–H and O–H groups in total. The topological polar surface area (TPSA) is 42.0 Å². The smallest absolute Gasteiger partial charge is 0.276 e. The van der Waals surface area contributed by atoms with Gasteiger partial charge in [-0.25, -0.2) is 0 Å². The van der Waals surface area contributed by atoms with Gasteiger partial charge in [-0.15, -0.1) is 0 Å². The summed E-state index contributed by atoms with van der Waals surface area (Å²) in [7, 11) is 3.41. The molecule has 2 aromatic carbocycles. The van der Waals surface area contributed by atoms with Crippen molar-refractivity contribution in [1.82, 2.24) is 9.80 Å². The molecular formula is C22H24N2O3S. The SMILES string of the molecule is CCN1C(=O)/C(=C\c2ccc(OCc3ccc(C)cc3)c(OC)c2)N(C)C1=S. The Hall–Kier alpha value is -2.86. The summed E-state index contributed by atoms with van der Waals surface area (Å²) >= 11 is 5.34. The van der Waals surface area contributed by atoms with Crippen LogP contribution < -0.4 is 9.47 Å². The molecule has 3 rings (SSSR count). The van der Waals surface area contributed by atoms with E-state index >= 15 is 0 Å². The van der Waals surface area contributed by atoms with Gasteiger partial charge in [0.05, 0.1) is 7.11 Å². The predicted octanol–water partition coefficient (Wildman–Crippen LogP) is 4.00. The Labute approximate surface area is 171 Å². The number of hydrogen-bond donors (Lipinski definition) is 0. The number of carbonyl (C=O) groups is 1. The van der Waals surface area contributed by atoms with Crippen molar-refractivity contribution >= 4 is 29.3 Å². The van der Waals surface area contributed by atoms with E-state index in [-0.39, 0.29) is 5.91 Å². The van der Waals surface area contributed by atoms with Crippen LogP contribution in [0.25, 0.3) is 6.08 Å². The summed E-state index contributed by atoms with van der Waals surface area (Å²) < 4.78 is 11.4. The molecule has 0 saturated carbocycles. The first kappa shape index (κ1) is 19.9. The maximum Gasteiger partial charge on any atom is 0.276 e. The summed E-state index contributed by atoms with van der Waals surface area (Å²) in [6.45, 7) is 4.97. The molecule has 1 fully saturated rings. The number of hydrogen-bond acceptors (Lipinski definition) is 4. The highest BCUT2D eigenvalue weighted by Gasteiger charge is 2.34. The standard InChI is InChI=1S/C22H24N2O3S/c1-5-24-21(25)18(23(3)22(24)28)12-17-10-11-19(20(13-17)26-4)27-14-16-8-6-15(2)7-9-16/h6-13H,5,14H2,1-4H3/b18-12+. The number of likely N-dealkylation sites (N-methyl/N-ethyl adjacent to an activating group) is 2. The van der Waals surface area contributed by atoms with E-state index < -0.39 is 0 Å². The fourth-order valence-electron chi connectivity index (χ4n) is 2.99. The van der Waals surface area contributed by atoms with Crippen LogP contribution in [0.3, 0.4) is 0 Å². The fourth-order valence-corrected chi connectivity index (χ4v) is 3.30. The molecule has 0 spiro atoms. The van der Waals surface area contributed by atoms with Crippen molar-refractivity contribution in [2.75, 3.05) is 20.7 Å². The zero-order valence-corrected chi connectivity index (χ0v) is 17.4. The fraction of sp³-hybridized carbons (Fsp3) is 0.273. The minimum absolute atomic E-state index is 0.0892. The summed E-state index contributed by atoms with van der Waals surface area (Å²) in [6, 6.07) is 13.8. The number of thiocarbonyl (C=S) groups is 1. The van der Waals surface area contributed by atoms with Crippen LogP contribution >= 0.6 is 12.2 Å². The number of benzene rings is 2. The number of nitrogens with zero attached hydrogens (tertiary/aromatic N) is 2. The highest BCUT2D eigenvalue weighted by molar-refractivity contribution is 7.80. The van der Waals surface area contributed by atoms with Crippen LogP contribution in [0.2, 0.25) is 0 Å². The van der Waals surface area contributed by atoms with Gasteiger partial charge in [-0.05, 0) is 55.4 Å². The van der Waals surface area contributed by atoms with E-state index in [2.05, 4.69) is 19.1 Å². The van der Waals surface area contributed by atoms with Crippen molar-refractivity contribution in [3.63, 3.8) is 0 Å². The molecule has 2 aromatic rings. The summed E-state index contributed by atoms with van der Waals surface area (Å²) in [5, 5.41) is 0.517. The molecule has 1 aliphatic heterocycles. The monoisotopic (exact) mass is 396 g/mol. The van der Waals surface area contributed by atoms with Crippen molar-refractivity contribution in [2.45, 2.75) is 20.5 Å². The molecule has 0 bridgehead atoms. The van der Waals surface area contributed by atoms with E-state index in [1.165, 1.54) is 5.56 Å². The molecule has 146 valence electrons. The summed E-state index contributed by atoms with van der Waals surface area (Å²) in [5.74, 6) is 1.18. The average Bonchev–Trinajstić information content (AvgIpc) is 2.90. The van der Waals surface area contributed by atoms with Gasteiger partial charge in [-0.2, -0.15) is 0 Å². The Morgan fingerprint density at radius 1 is 1.11 bits per heavy atom. The Bertz CT molecular complexity index is 922. The molecule has 1 amide bonds. The number of rotatable bonds is 6. The first-order valence-electron chi connectivity index (χ1n) is 9.12. The molecule has 1 aliphatic rings. The zero-order valence-electron chi connectivity index (χ0n) is 16.6.